The molecular formula is C13H7F5O4. The molecule has 2 aromatic carbocycles. The van der Waals surface area contributed by atoms with Crippen molar-refractivity contribution >= 4 is 0 Å². The smallest absolute Gasteiger partial charge is 0.211 e. The Balaban J connectivity index is 3.03. The van der Waals surface area contributed by atoms with E-state index in [4.69, 9.17) is 5.11 Å². The van der Waals surface area contributed by atoms with E-state index in [1.54, 1.807) is 0 Å². The van der Waals surface area contributed by atoms with E-state index in [0.717, 1.165) is 6.92 Å². The second-order valence-corrected chi connectivity index (χ2v) is 4.34. The molecule has 0 aliphatic rings. The van der Waals surface area contributed by atoms with Gasteiger partial charge in [0.15, 0.2) is 34.8 Å². The number of phenols is 4. The Kier molecular flexibility index (Phi) is 3.52. The van der Waals surface area contributed by atoms with E-state index < -0.39 is 68.8 Å². The minimum Gasteiger partial charge on any atom is -0.504 e. The van der Waals surface area contributed by atoms with Crippen LogP contribution in [0.2, 0.25) is 0 Å². The van der Waals surface area contributed by atoms with Crippen LogP contribution in [0.1, 0.15) is 5.56 Å². The molecule has 0 unspecified atom stereocenters. The SMILES string of the molecule is Cc1c(F)c(F)c(-c2c(O)c(O)c(O)c(F)c2O)c(F)c1F. The second kappa shape index (κ2) is 4.93. The number of benzene rings is 2. The summed E-state index contributed by atoms with van der Waals surface area (Å²) in [6, 6.07) is 0. The third-order valence-electron chi connectivity index (χ3n) is 3.07. The molecule has 0 heterocycles. The topological polar surface area (TPSA) is 80.9 Å². The molecule has 4 nitrogen and oxygen atoms in total. The fourth-order valence-corrected chi connectivity index (χ4v) is 1.87. The highest BCUT2D eigenvalue weighted by Crippen LogP contribution is 2.51. The van der Waals surface area contributed by atoms with Gasteiger partial charge >= 0.3 is 0 Å². The Morgan fingerprint density at radius 1 is 0.500 bits per heavy atom. The summed E-state index contributed by atoms with van der Waals surface area (Å²) in [5.41, 5.74) is -4.09. The minimum absolute atomic E-state index is 0.731. The number of halogens is 5. The fraction of sp³-hybridized carbons (Fsp3) is 0.0769. The van der Waals surface area contributed by atoms with Crippen LogP contribution in [0.25, 0.3) is 11.1 Å². The lowest BCUT2D eigenvalue weighted by molar-refractivity contribution is 0.336. The van der Waals surface area contributed by atoms with Crippen LogP contribution in [0.3, 0.4) is 0 Å². The Morgan fingerprint density at radius 3 is 1.41 bits per heavy atom. The molecule has 0 radical (unpaired) electrons. The predicted octanol–water partition coefficient (Wildman–Crippen LogP) is 3.18. The molecule has 9 heteroatoms. The first-order valence-electron chi connectivity index (χ1n) is 5.59. The van der Waals surface area contributed by atoms with Crippen molar-refractivity contribution in [3.8, 4) is 34.1 Å². The highest BCUT2D eigenvalue weighted by Gasteiger charge is 2.32. The van der Waals surface area contributed by atoms with Gasteiger partial charge in [-0.1, -0.05) is 0 Å². The zero-order chi connectivity index (χ0) is 16.9. The van der Waals surface area contributed by atoms with Crippen molar-refractivity contribution in [1.29, 1.82) is 0 Å². The van der Waals surface area contributed by atoms with E-state index in [9.17, 15) is 37.3 Å². The van der Waals surface area contributed by atoms with Gasteiger partial charge in [-0.05, 0) is 6.92 Å². The van der Waals surface area contributed by atoms with Gasteiger partial charge < -0.3 is 20.4 Å². The quantitative estimate of drug-likeness (QED) is 0.281. The van der Waals surface area contributed by atoms with Crippen LogP contribution >= 0.6 is 0 Å². The molecule has 2 aromatic rings. The molecule has 0 aliphatic heterocycles. The van der Waals surface area contributed by atoms with E-state index >= 15 is 0 Å². The maximum Gasteiger partial charge on any atom is 0.211 e. The largest absolute Gasteiger partial charge is 0.504 e. The summed E-state index contributed by atoms with van der Waals surface area (Å²) in [7, 11) is 0. The molecular weight excluding hydrogens is 315 g/mol. The minimum atomic E-state index is -2.02. The molecule has 0 saturated carbocycles. The van der Waals surface area contributed by atoms with Crippen molar-refractivity contribution in [2.45, 2.75) is 6.92 Å². The maximum absolute atomic E-state index is 13.8. The van der Waals surface area contributed by atoms with E-state index in [0.29, 0.717) is 0 Å². The normalized spacial score (nSPS) is 11.0. The first-order chi connectivity index (χ1) is 10.1. The standard InChI is InChI=1S/C13H7F5O4/c1-2-5(14)7(16)3(8(17)6(2)15)4-10(19)9(18)12(21)13(22)11(4)20/h19-22H,1H3. The van der Waals surface area contributed by atoms with Crippen LogP contribution in [-0.2, 0) is 0 Å². The molecule has 0 amide bonds. The van der Waals surface area contributed by atoms with Crippen molar-refractivity contribution in [3.63, 3.8) is 0 Å². The van der Waals surface area contributed by atoms with Crippen LogP contribution in [0, 0.1) is 36.0 Å². The van der Waals surface area contributed by atoms with Crippen molar-refractivity contribution in [3.05, 3.63) is 34.6 Å². The molecule has 22 heavy (non-hydrogen) atoms. The number of phenolic OH excluding ortho intramolecular Hbond substituents is 4. The van der Waals surface area contributed by atoms with Crippen LogP contribution in [0.5, 0.6) is 23.0 Å². The highest BCUT2D eigenvalue weighted by molar-refractivity contribution is 5.82. The van der Waals surface area contributed by atoms with Gasteiger partial charge in [-0.15, -0.1) is 0 Å². The summed E-state index contributed by atoms with van der Waals surface area (Å²) in [5.74, 6) is -16.1. The van der Waals surface area contributed by atoms with E-state index in [2.05, 4.69) is 0 Å². The molecule has 0 aliphatic carbocycles. The third kappa shape index (κ3) is 1.89. The maximum atomic E-state index is 13.8. The molecule has 0 atom stereocenters. The lowest BCUT2D eigenvalue weighted by Crippen LogP contribution is -2.04. The van der Waals surface area contributed by atoms with Crippen molar-refractivity contribution in [1.82, 2.24) is 0 Å². The van der Waals surface area contributed by atoms with Gasteiger partial charge in [-0.25, -0.2) is 17.6 Å². The molecule has 2 rings (SSSR count). The third-order valence-corrected chi connectivity index (χ3v) is 3.07. The number of aromatic hydroxyl groups is 4. The van der Waals surface area contributed by atoms with Crippen LogP contribution in [-0.4, -0.2) is 20.4 Å². The molecule has 0 bridgehead atoms. The summed E-state index contributed by atoms with van der Waals surface area (Å²) in [5, 5.41) is 37.3. The fourth-order valence-electron chi connectivity index (χ4n) is 1.87. The first kappa shape index (κ1) is 15.7. The molecule has 0 saturated heterocycles. The Hall–Kier alpha value is -2.71. The Bertz CT molecular complexity index is 678. The number of hydrogen-bond donors (Lipinski definition) is 4. The molecule has 0 spiro atoms. The molecule has 118 valence electrons. The summed E-state index contributed by atoms with van der Waals surface area (Å²) < 4.78 is 68.2. The number of hydrogen-bond acceptors (Lipinski definition) is 4. The van der Waals surface area contributed by atoms with Gasteiger partial charge in [-0.2, -0.15) is 4.39 Å². The highest BCUT2D eigenvalue weighted by atomic mass is 19.2. The molecule has 0 fully saturated rings. The van der Waals surface area contributed by atoms with Crippen molar-refractivity contribution in [2.75, 3.05) is 0 Å². The summed E-state index contributed by atoms with van der Waals surface area (Å²) >= 11 is 0. The van der Waals surface area contributed by atoms with Gasteiger partial charge in [0.2, 0.25) is 17.3 Å². The van der Waals surface area contributed by atoms with Gasteiger partial charge in [0.1, 0.15) is 0 Å². The monoisotopic (exact) mass is 322 g/mol. The average molecular weight is 322 g/mol. The van der Waals surface area contributed by atoms with Gasteiger partial charge in [0, 0.05) is 5.56 Å². The van der Waals surface area contributed by atoms with Crippen molar-refractivity contribution < 1.29 is 42.4 Å². The van der Waals surface area contributed by atoms with E-state index in [1.165, 1.54) is 0 Å². The predicted molar refractivity (Wildman–Crippen MR) is 63.1 cm³/mol. The number of rotatable bonds is 1. The van der Waals surface area contributed by atoms with Gasteiger partial charge in [-0.3, -0.25) is 0 Å². The van der Waals surface area contributed by atoms with Gasteiger partial charge in [0.25, 0.3) is 0 Å². The first-order valence-corrected chi connectivity index (χ1v) is 5.59. The molecule has 4 N–H and O–H groups in total. The zero-order valence-electron chi connectivity index (χ0n) is 10.7. The summed E-state index contributed by atoms with van der Waals surface area (Å²) in [6.07, 6.45) is 0. The summed E-state index contributed by atoms with van der Waals surface area (Å²) in [6.45, 7) is 0.731. The lowest BCUT2D eigenvalue weighted by Gasteiger charge is -2.14. The van der Waals surface area contributed by atoms with E-state index in [1.807, 2.05) is 0 Å². The van der Waals surface area contributed by atoms with Crippen LogP contribution < -0.4 is 0 Å². The van der Waals surface area contributed by atoms with Crippen molar-refractivity contribution in [2.24, 2.45) is 0 Å². The summed E-state index contributed by atoms with van der Waals surface area (Å²) in [4.78, 5) is 0. The Labute approximate surface area is 119 Å². The zero-order valence-corrected chi connectivity index (χ0v) is 10.7. The lowest BCUT2D eigenvalue weighted by atomic mass is 9.98. The van der Waals surface area contributed by atoms with E-state index in [-0.39, 0.29) is 0 Å². The van der Waals surface area contributed by atoms with Gasteiger partial charge in [0.05, 0.1) is 11.1 Å². The average Bonchev–Trinajstić information content (AvgIpc) is 2.50. The molecule has 0 aromatic heterocycles. The van der Waals surface area contributed by atoms with Crippen LogP contribution in [0.4, 0.5) is 22.0 Å². The van der Waals surface area contributed by atoms with Crippen LogP contribution in [0.15, 0.2) is 0 Å². The second-order valence-electron chi connectivity index (χ2n) is 4.34. The Morgan fingerprint density at radius 2 is 0.955 bits per heavy atom.